The number of primary sulfonamides is 1. The summed E-state index contributed by atoms with van der Waals surface area (Å²) in [6.07, 6.45) is 7.81. The van der Waals surface area contributed by atoms with Crippen LogP contribution in [-0.2, 0) is 17.1 Å². The van der Waals surface area contributed by atoms with Gasteiger partial charge in [0.1, 0.15) is 11.5 Å². The highest BCUT2D eigenvalue weighted by molar-refractivity contribution is 7.92. The van der Waals surface area contributed by atoms with Crippen molar-refractivity contribution in [3.05, 3.63) is 46.8 Å². The van der Waals surface area contributed by atoms with E-state index in [2.05, 4.69) is 16.1 Å². The van der Waals surface area contributed by atoms with Gasteiger partial charge in [-0.1, -0.05) is 0 Å². The number of nitrogens with two attached hydrogens (primary N) is 1. The zero-order valence-corrected chi connectivity index (χ0v) is 14.9. The smallest absolute Gasteiger partial charge is 0.231 e. The summed E-state index contributed by atoms with van der Waals surface area (Å²) >= 11 is 0. The number of aryl methyl sites for hydroxylation is 2. The normalized spacial score (nSPS) is 15.5. The summed E-state index contributed by atoms with van der Waals surface area (Å²) in [4.78, 5) is 4.63. The second-order valence-corrected chi connectivity index (χ2v) is 7.93. The highest BCUT2D eigenvalue weighted by Crippen LogP contribution is 2.40. The van der Waals surface area contributed by atoms with Crippen molar-refractivity contribution in [1.29, 1.82) is 0 Å². The molecule has 0 saturated heterocycles. The number of aromatic nitrogens is 4. The van der Waals surface area contributed by atoms with Crippen LogP contribution in [-0.4, -0.2) is 27.7 Å². The van der Waals surface area contributed by atoms with Crippen LogP contribution < -0.4 is 5.14 Å². The minimum atomic E-state index is -3.71. The number of sulfonamides is 1. The lowest BCUT2D eigenvalue weighted by Crippen LogP contribution is -2.07. The Morgan fingerprint density at radius 1 is 1.36 bits per heavy atom. The summed E-state index contributed by atoms with van der Waals surface area (Å²) in [5, 5.41) is 11.6. The molecule has 3 aromatic heterocycles. The largest absolute Gasteiger partial charge is 0.285 e. The molecule has 0 bridgehead atoms. The van der Waals surface area contributed by atoms with Gasteiger partial charge in [0.2, 0.25) is 10.0 Å². The quantitative estimate of drug-likeness (QED) is 0.774. The number of hydrogen-bond donors (Lipinski definition) is 1. The van der Waals surface area contributed by atoms with Crippen molar-refractivity contribution in [3.8, 4) is 5.82 Å². The SMILES string of the molecule is Cc1nn(C)c(-n2ccc3cc(C4CC4)cnc32)c1C=CS(N)(=O)=O. The third-order valence-electron chi connectivity index (χ3n) is 4.49. The lowest BCUT2D eigenvalue weighted by Gasteiger charge is -2.07. The molecule has 0 aliphatic heterocycles. The van der Waals surface area contributed by atoms with Crippen molar-refractivity contribution in [2.75, 3.05) is 0 Å². The highest BCUT2D eigenvalue weighted by atomic mass is 32.2. The van der Waals surface area contributed by atoms with Crippen molar-refractivity contribution in [2.45, 2.75) is 25.7 Å². The van der Waals surface area contributed by atoms with Gasteiger partial charge in [0.25, 0.3) is 0 Å². The Labute approximate surface area is 145 Å². The molecule has 0 spiro atoms. The third-order valence-corrected chi connectivity index (χ3v) is 5.00. The van der Waals surface area contributed by atoms with E-state index in [-0.39, 0.29) is 0 Å². The average molecular weight is 357 g/mol. The highest BCUT2D eigenvalue weighted by Gasteiger charge is 2.24. The maximum absolute atomic E-state index is 11.3. The lowest BCUT2D eigenvalue weighted by molar-refractivity contribution is 0.606. The first-order valence-corrected chi connectivity index (χ1v) is 9.66. The van der Waals surface area contributed by atoms with E-state index in [0.717, 1.165) is 22.3 Å². The fraction of sp³-hybridized carbons (Fsp3) is 0.294. The van der Waals surface area contributed by atoms with Crippen LogP contribution in [0, 0.1) is 6.92 Å². The van der Waals surface area contributed by atoms with Gasteiger partial charge < -0.3 is 0 Å². The molecule has 1 aliphatic rings. The second kappa shape index (κ2) is 5.53. The van der Waals surface area contributed by atoms with Gasteiger partial charge in [0.05, 0.1) is 5.69 Å². The second-order valence-electron chi connectivity index (χ2n) is 6.48. The van der Waals surface area contributed by atoms with Crippen molar-refractivity contribution in [3.63, 3.8) is 0 Å². The van der Waals surface area contributed by atoms with E-state index in [4.69, 9.17) is 5.14 Å². The van der Waals surface area contributed by atoms with Crippen molar-refractivity contribution >= 4 is 27.1 Å². The molecular formula is C17H19N5O2S. The summed E-state index contributed by atoms with van der Waals surface area (Å²) in [6.45, 7) is 1.83. The molecule has 0 atom stereocenters. The lowest BCUT2D eigenvalue weighted by atomic mass is 10.1. The molecule has 1 fully saturated rings. The molecule has 7 nitrogen and oxygen atoms in total. The molecule has 8 heteroatoms. The van der Waals surface area contributed by atoms with E-state index in [1.807, 2.05) is 37.0 Å². The minimum absolute atomic E-state index is 0.646. The van der Waals surface area contributed by atoms with Crippen LogP contribution in [0.1, 0.15) is 35.6 Å². The van der Waals surface area contributed by atoms with Crippen LogP contribution in [0.4, 0.5) is 0 Å². The van der Waals surface area contributed by atoms with Crippen LogP contribution in [0.3, 0.4) is 0 Å². The van der Waals surface area contributed by atoms with Crippen LogP contribution in [0.25, 0.3) is 22.9 Å². The monoisotopic (exact) mass is 357 g/mol. The predicted molar refractivity (Wildman–Crippen MR) is 96.7 cm³/mol. The van der Waals surface area contributed by atoms with Gasteiger partial charge in [-0.3, -0.25) is 9.25 Å². The van der Waals surface area contributed by atoms with Gasteiger partial charge in [-0.15, -0.1) is 0 Å². The van der Waals surface area contributed by atoms with Gasteiger partial charge in [-0.25, -0.2) is 18.5 Å². The molecule has 0 amide bonds. The van der Waals surface area contributed by atoms with E-state index in [1.54, 1.807) is 4.68 Å². The molecular weight excluding hydrogens is 338 g/mol. The standard InChI is InChI=1S/C17H19N5O2S/c1-11-15(6-8-25(18,23)24)17(21(2)20-11)22-7-5-13-9-14(12-3-4-12)10-19-16(13)22/h5-10,12H,3-4H2,1-2H3,(H2,18,23,24). The molecule has 0 aromatic carbocycles. The minimum Gasteiger partial charge on any atom is -0.285 e. The van der Waals surface area contributed by atoms with Crippen molar-refractivity contribution < 1.29 is 8.42 Å². The van der Waals surface area contributed by atoms with Crippen molar-refractivity contribution in [2.24, 2.45) is 12.2 Å². The van der Waals surface area contributed by atoms with Crippen LogP contribution in [0.2, 0.25) is 0 Å². The number of nitrogens with zero attached hydrogens (tertiary/aromatic N) is 4. The molecule has 1 aliphatic carbocycles. The van der Waals surface area contributed by atoms with E-state index < -0.39 is 10.0 Å². The van der Waals surface area contributed by atoms with Gasteiger partial charge >= 0.3 is 0 Å². The summed E-state index contributed by atoms with van der Waals surface area (Å²) < 4.78 is 26.2. The zero-order chi connectivity index (χ0) is 17.8. The fourth-order valence-corrected chi connectivity index (χ4v) is 3.48. The average Bonchev–Trinajstić information content (AvgIpc) is 3.24. The summed E-state index contributed by atoms with van der Waals surface area (Å²) in [5.41, 5.74) is 3.51. The Kier molecular flexibility index (Phi) is 3.55. The van der Waals surface area contributed by atoms with Crippen LogP contribution in [0.5, 0.6) is 0 Å². The molecule has 0 radical (unpaired) electrons. The molecule has 130 valence electrons. The number of rotatable bonds is 4. The van der Waals surface area contributed by atoms with E-state index in [0.29, 0.717) is 17.2 Å². The predicted octanol–water partition coefficient (Wildman–Crippen LogP) is 2.20. The van der Waals surface area contributed by atoms with E-state index in [9.17, 15) is 8.42 Å². The van der Waals surface area contributed by atoms with Crippen molar-refractivity contribution in [1.82, 2.24) is 19.3 Å². The molecule has 25 heavy (non-hydrogen) atoms. The van der Waals surface area contributed by atoms with Crippen LogP contribution in [0.15, 0.2) is 29.9 Å². The van der Waals surface area contributed by atoms with Gasteiger partial charge in [0.15, 0.2) is 0 Å². The maximum atomic E-state index is 11.3. The van der Waals surface area contributed by atoms with Crippen LogP contribution >= 0.6 is 0 Å². The Bertz CT molecular complexity index is 1100. The Morgan fingerprint density at radius 2 is 2.12 bits per heavy atom. The molecule has 4 rings (SSSR count). The third kappa shape index (κ3) is 2.98. The molecule has 2 N–H and O–H groups in total. The maximum Gasteiger partial charge on any atom is 0.231 e. The first-order chi connectivity index (χ1) is 11.8. The summed E-state index contributed by atoms with van der Waals surface area (Å²) in [5.74, 6) is 1.39. The Morgan fingerprint density at radius 3 is 2.80 bits per heavy atom. The summed E-state index contributed by atoms with van der Waals surface area (Å²) in [6, 6.07) is 4.20. The van der Waals surface area contributed by atoms with E-state index in [1.165, 1.54) is 24.5 Å². The Hall–Kier alpha value is -2.45. The van der Waals surface area contributed by atoms with E-state index >= 15 is 0 Å². The fourth-order valence-electron chi connectivity index (χ4n) is 3.16. The number of pyridine rings is 1. The number of hydrogen-bond acceptors (Lipinski definition) is 4. The van der Waals surface area contributed by atoms with Gasteiger partial charge in [0, 0.05) is 35.8 Å². The molecule has 3 heterocycles. The Balaban J connectivity index is 1.87. The molecule has 3 aromatic rings. The first-order valence-electron chi connectivity index (χ1n) is 8.05. The number of fused-ring (bicyclic) bond motifs is 1. The molecule has 1 saturated carbocycles. The first kappa shape index (κ1) is 16.0. The zero-order valence-electron chi connectivity index (χ0n) is 14.0. The molecule has 0 unspecified atom stereocenters. The van der Waals surface area contributed by atoms with Gasteiger partial charge in [-0.2, -0.15) is 5.10 Å². The van der Waals surface area contributed by atoms with Gasteiger partial charge in [-0.05, 0) is 49.5 Å². The topological polar surface area (TPSA) is 95.8 Å². The summed E-state index contributed by atoms with van der Waals surface area (Å²) in [7, 11) is -1.89.